The second-order valence-electron chi connectivity index (χ2n) is 6.07. The molecule has 112 valence electrons. The smallest absolute Gasteiger partial charge is 0.142 e. The molecule has 0 aromatic heterocycles. The number of nitrogens with one attached hydrogen (secondary N) is 1. The van der Waals surface area contributed by atoms with E-state index in [0.717, 1.165) is 31.7 Å². The number of rotatable bonds is 6. The zero-order valence-electron chi connectivity index (χ0n) is 12.3. The van der Waals surface area contributed by atoms with Gasteiger partial charge in [0.2, 0.25) is 0 Å². The van der Waals surface area contributed by atoms with E-state index in [1.165, 1.54) is 12.8 Å². The molecular weight excluding hydrogens is 275 g/mol. The summed E-state index contributed by atoms with van der Waals surface area (Å²) in [6, 6.07) is 5.68. The highest BCUT2D eigenvalue weighted by molar-refractivity contribution is 6.30. The van der Waals surface area contributed by atoms with Crippen molar-refractivity contribution < 1.29 is 4.39 Å². The lowest BCUT2D eigenvalue weighted by Crippen LogP contribution is -2.38. The Balaban J connectivity index is 1.88. The topological polar surface area (TPSA) is 15.3 Å². The van der Waals surface area contributed by atoms with Crippen LogP contribution < -0.4 is 5.32 Å². The van der Waals surface area contributed by atoms with Crippen LogP contribution in [0.15, 0.2) is 18.2 Å². The molecule has 1 aliphatic rings. The Morgan fingerprint density at radius 2 is 2.25 bits per heavy atom. The van der Waals surface area contributed by atoms with Crippen molar-refractivity contribution >= 4 is 11.6 Å². The molecule has 0 radical (unpaired) electrons. The molecule has 0 aliphatic carbocycles. The first-order chi connectivity index (χ1) is 9.56. The van der Waals surface area contributed by atoms with E-state index < -0.39 is 0 Å². The second kappa shape index (κ2) is 7.39. The Kier molecular flexibility index (Phi) is 5.82. The summed E-state index contributed by atoms with van der Waals surface area (Å²) in [5.41, 5.74) is 1.00. The fourth-order valence-electron chi connectivity index (χ4n) is 2.75. The molecule has 1 aliphatic heterocycles. The van der Waals surface area contributed by atoms with Gasteiger partial charge in [0.05, 0.1) is 5.02 Å². The van der Waals surface area contributed by atoms with E-state index in [2.05, 4.69) is 24.1 Å². The van der Waals surface area contributed by atoms with Crippen molar-refractivity contribution in [2.24, 2.45) is 5.92 Å². The minimum absolute atomic E-state index is 0.199. The Hall–Kier alpha value is -0.640. The molecule has 1 fully saturated rings. The van der Waals surface area contributed by atoms with E-state index in [9.17, 15) is 4.39 Å². The van der Waals surface area contributed by atoms with Crippen LogP contribution in [0.1, 0.15) is 32.3 Å². The van der Waals surface area contributed by atoms with Crippen LogP contribution in [-0.4, -0.2) is 30.6 Å². The fourth-order valence-corrected chi connectivity index (χ4v) is 2.86. The predicted octanol–water partition coefficient (Wildman–Crippen LogP) is 3.69. The Morgan fingerprint density at radius 3 is 2.95 bits per heavy atom. The van der Waals surface area contributed by atoms with Gasteiger partial charge < -0.3 is 5.32 Å². The van der Waals surface area contributed by atoms with E-state index in [4.69, 9.17) is 11.6 Å². The van der Waals surface area contributed by atoms with Gasteiger partial charge in [0, 0.05) is 19.1 Å². The quantitative estimate of drug-likeness (QED) is 0.862. The first kappa shape index (κ1) is 15.7. The normalized spacial score (nSPS) is 19.9. The minimum atomic E-state index is -0.321. The molecule has 0 saturated carbocycles. The molecule has 1 atom stereocenters. The molecular formula is C16H24ClFN2. The molecule has 1 aromatic carbocycles. The highest BCUT2D eigenvalue weighted by Crippen LogP contribution is 2.22. The summed E-state index contributed by atoms with van der Waals surface area (Å²) in [5.74, 6) is 0.355. The van der Waals surface area contributed by atoms with Crippen molar-refractivity contribution in [3.63, 3.8) is 0 Å². The predicted molar refractivity (Wildman–Crippen MR) is 82.5 cm³/mol. The van der Waals surface area contributed by atoms with Gasteiger partial charge in [-0.25, -0.2) is 4.39 Å². The third-order valence-corrected chi connectivity index (χ3v) is 4.11. The summed E-state index contributed by atoms with van der Waals surface area (Å²) in [6.07, 6.45) is 2.45. The molecule has 0 spiro atoms. The lowest BCUT2D eigenvalue weighted by molar-refractivity contribution is 0.237. The van der Waals surface area contributed by atoms with Gasteiger partial charge in [0.15, 0.2) is 0 Å². The minimum Gasteiger partial charge on any atom is -0.315 e. The molecule has 0 amide bonds. The van der Waals surface area contributed by atoms with Gasteiger partial charge in [-0.2, -0.15) is 0 Å². The summed E-state index contributed by atoms with van der Waals surface area (Å²) in [7, 11) is 0. The van der Waals surface area contributed by atoms with Gasteiger partial charge in [0.25, 0.3) is 0 Å². The molecule has 1 heterocycles. The Labute approximate surface area is 126 Å². The van der Waals surface area contributed by atoms with E-state index in [0.29, 0.717) is 12.0 Å². The van der Waals surface area contributed by atoms with Crippen molar-refractivity contribution in [2.75, 3.05) is 19.6 Å². The number of likely N-dealkylation sites (tertiary alicyclic amines) is 1. The van der Waals surface area contributed by atoms with Gasteiger partial charge in [-0.3, -0.25) is 4.90 Å². The number of halogens is 2. The van der Waals surface area contributed by atoms with Crippen LogP contribution in [0.2, 0.25) is 5.02 Å². The van der Waals surface area contributed by atoms with Crippen LogP contribution in [-0.2, 0) is 6.54 Å². The summed E-state index contributed by atoms with van der Waals surface area (Å²) < 4.78 is 13.5. The average Bonchev–Trinajstić information content (AvgIpc) is 2.81. The standard InChI is InChI=1S/C16H24ClFN2/c1-12(2)9-19-10-14-4-3-7-20(14)11-13-5-6-15(17)16(18)8-13/h5-6,8,12,14,19H,3-4,7,9-11H2,1-2H3. The van der Waals surface area contributed by atoms with Crippen molar-refractivity contribution in [2.45, 2.75) is 39.3 Å². The molecule has 1 N–H and O–H groups in total. The van der Waals surface area contributed by atoms with Crippen LogP contribution in [0.5, 0.6) is 0 Å². The lowest BCUT2D eigenvalue weighted by Gasteiger charge is -2.25. The maximum absolute atomic E-state index is 13.5. The van der Waals surface area contributed by atoms with Crippen LogP contribution in [0.25, 0.3) is 0 Å². The first-order valence-corrected chi connectivity index (χ1v) is 7.82. The fraction of sp³-hybridized carbons (Fsp3) is 0.625. The van der Waals surface area contributed by atoms with Gasteiger partial charge in [-0.05, 0) is 49.5 Å². The molecule has 2 rings (SSSR count). The van der Waals surface area contributed by atoms with Crippen molar-refractivity contribution in [1.29, 1.82) is 0 Å². The summed E-state index contributed by atoms with van der Waals surface area (Å²) in [6.45, 7) is 8.42. The third kappa shape index (κ3) is 4.44. The Morgan fingerprint density at radius 1 is 1.45 bits per heavy atom. The average molecular weight is 299 g/mol. The molecule has 4 heteroatoms. The maximum atomic E-state index is 13.5. The van der Waals surface area contributed by atoms with Crippen LogP contribution >= 0.6 is 11.6 Å². The van der Waals surface area contributed by atoms with E-state index >= 15 is 0 Å². The van der Waals surface area contributed by atoms with Gasteiger partial charge >= 0.3 is 0 Å². The van der Waals surface area contributed by atoms with Crippen molar-refractivity contribution in [3.05, 3.63) is 34.6 Å². The molecule has 1 unspecified atom stereocenters. The first-order valence-electron chi connectivity index (χ1n) is 7.45. The van der Waals surface area contributed by atoms with Crippen molar-refractivity contribution in [3.8, 4) is 0 Å². The third-order valence-electron chi connectivity index (χ3n) is 3.80. The van der Waals surface area contributed by atoms with Gasteiger partial charge in [0.1, 0.15) is 5.82 Å². The maximum Gasteiger partial charge on any atom is 0.142 e. The van der Waals surface area contributed by atoms with Crippen molar-refractivity contribution in [1.82, 2.24) is 10.2 Å². The molecule has 20 heavy (non-hydrogen) atoms. The molecule has 1 saturated heterocycles. The lowest BCUT2D eigenvalue weighted by atomic mass is 10.1. The summed E-state index contributed by atoms with van der Waals surface area (Å²) in [4.78, 5) is 2.44. The number of benzene rings is 1. The van der Waals surface area contributed by atoms with Crippen LogP contribution in [0, 0.1) is 11.7 Å². The number of hydrogen-bond acceptors (Lipinski definition) is 2. The summed E-state index contributed by atoms with van der Waals surface area (Å²) in [5, 5.41) is 3.73. The second-order valence-corrected chi connectivity index (χ2v) is 6.47. The number of nitrogens with zero attached hydrogens (tertiary/aromatic N) is 1. The Bertz CT molecular complexity index is 436. The van der Waals surface area contributed by atoms with Crippen LogP contribution in [0.4, 0.5) is 4.39 Å². The van der Waals surface area contributed by atoms with E-state index in [-0.39, 0.29) is 10.8 Å². The highest BCUT2D eigenvalue weighted by Gasteiger charge is 2.24. The van der Waals surface area contributed by atoms with E-state index in [1.54, 1.807) is 12.1 Å². The zero-order valence-corrected chi connectivity index (χ0v) is 13.1. The zero-order chi connectivity index (χ0) is 14.5. The van der Waals surface area contributed by atoms with Gasteiger partial charge in [-0.1, -0.05) is 31.5 Å². The van der Waals surface area contributed by atoms with Crippen LogP contribution in [0.3, 0.4) is 0 Å². The molecule has 2 nitrogen and oxygen atoms in total. The highest BCUT2D eigenvalue weighted by atomic mass is 35.5. The van der Waals surface area contributed by atoms with E-state index in [1.807, 2.05) is 6.07 Å². The largest absolute Gasteiger partial charge is 0.315 e. The summed E-state index contributed by atoms with van der Waals surface area (Å²) >= 11 is 5.73. The SMILES string of the molecule is CC(C)CNCC1CCCN1Cc1ccc(Cl)c(F)c1. The molecule has 1 aromatic rings. The van der Waals surface area contributed by atoms with Gasteiger partial charge in [-0.15, -0.1) is 0 Å². The monoisotopic (exact) mass is 298 g/mol. The number of hydrogen-bond donors (Lipinski definition) is 1. The molecule has 0 bridgehead atoms.